The van der Waals surface area contributed by atoms with E-state index in [1.807, 2.05) is 21.0 Å². The Balaban J connectivity index is 3.13. The summed E-state index contributed by atoms with van der Waals surface area (Å²) >= 11 is 6.39. The van der Waals surface area contributed by atoms with Gasteiger partial charge in [-0.3, -0.25) is 4.68 Å². The van der Waals surface area contributed by atoms with Gasteiger partial charge in [0.1, 0.15) is 5.15 Å². The van der Waals surface area contributed by atoms with Crippen LogP contribution in [0.1, 0.15) is 37.9 Å². The Kier molecular flexibility index (Phi) is 6.05. The molecule has 0 saturated carbocycles. The Bertz CT molecular complexity index is 435. The van der Waals surface area contributed by atoms with Crippen LogP contribution >= 0.6 is 11.6 Å². The molecule has 1 aromatic heterocycles. The normalized spacial score (nSPS) is 14.1. The zero-order valence-electron chi connectivity index (χ0n) is 13.9. The van der Waals surface area contributed by atoms with Gasteiger partial charge < -0.3 is 10.2 Å². The third kappa shape index (κ3) is 3.02. The van der Waals surface area contributed by atoms with Crippen LogP contribution in [0, 0.1) is 6.92 Å². The summed E-state index contributed by atoms with van der Waals surface area (Å²) in [6.45, 7) is 6.54. The number of aromatic nitrogens is 2. The molecular formula is C15H29ClN4. The molecule has 0 aliphatic carbocycles. The molecule has 1 rings (SSSR count). The zero-order chi connectivity index (χ0) is 15.5. The minimum atomic E-state index is 0.125. The fourth-order valence-corrected chi connectivity index (χ4v) is 3.61. The van der Waals surface area contributed by atoms with E-state index in [4.69, 9.17) is 11.6 Å². The molecule has 1 unspecified atom stereocenters. The van der Waals surface area contributed by atoms with E-state index in [1.54, 1.807) is 4.68 Å². The van der Waals surface area contributed by atoms with Crippen LogP contribution < -0.4 is 5.32 Å². The van der Waals surface area contributed by atoms with Crippen molar-refractivity contribution in [3.8, 4) is 0 Å². The van der Waals surface area contributed by atoms with E-state index in [1.165, 1.54) is 0 Å². The maximum Gasteiger partial charge on any atom is 0.130 e. The number of halogens is 1. The number of rotatable bonds is 7. The Morgan fingerprint density at radius 3 is 2.20 bits per heavy atom. The molecule has 0 amide bonds. The topological polar surface area (TPSA) is 33.1 Å². The van der Waals surface area contributed by atoms with E-state index in [0.29, 0.717) is 6.04 Å². The van der Waals surface area contributed by atoms with Gasteiger partial charge >= 0.3 is 0 Å². The second-order valence-electron chi connectivity index (χ2n) is 5.73. The quantitative estimate of drug-likeness (QED) is 0.840. The number of likely N-dealkylation sites (N-methyl/N-ethyl adjacent to an activating group) is 2. The van der Waals surface area contributed by atoms with Gasteiger partial charge in [-0.2, -0.15) is 5.10 Å². The van der Waals surface area contributed by atoms with Gasteiger partial charge in [0, 0.05) is 24.2 Å². The highest BCUT2D eigenvalue weighted by Crippen LogP contribution is 2.30. The molecule has 1 atom stereocenters. The minimum absolute atomic E-state index is 0.125. The van der Waals surface area contributed by atoms with Gasteiger partial charge in [0.25, 0.3) is 0 Å². The highest BCUT2D eigenvalue weighted by molar-refractivity contribution is 6.30. The Labute approximate surface area is 128 Å². The first kappa shape index (κ1) is 17.5. The highest BCUT2D eigenvalue weighted by atomic mass is 35.5. The van der Waals surface area contributed by atoms with Gasteiger partial charge in [-0.1, -0.05) is 25.4 Å². The predicted molar refractivity (Wildman–Crippen MR) is 86.5 cm³/mol. The lowest BCUT2D eigenvalue weighted by Crippen LogP contribution is -2.58. The molecule has 5 heteroatoms. The van der Waals surface area contributed by atoms with Gasteiger partial charge in [-0.15, -0.1) is 0 Å². The third-order valence-corrected chi connectivity index (χ3v) is 5.26. The number of aryl methyl sites for hydroxylation is 2. The summed E-state index contributed by atoms with van der Waals surface area (Å²) < 4.78 is 1.76. The molecule has 4 nitrogen and oxygen atoms in total. The molecule has 0 radical (unpaired) electrons. The average molecular weight is 301 g/mol. The smallest absolute Gasteiger partial charge is 0.130 e. The van der Waals surface area contributed by atoms with Crippen molar-refractivity contribution in [3.05, 3.63) is 16.4 Å². The first-order chi connectivity index (χ1) is 9.33. The van der Waals surface area contributed by atoms with Crippen molar-refractivity contribution in [1.82, 2.24) is 20.0 Å². The molecule has 0 fully saturated rings. The molecule has 116 valence electrons. The van der Waals surface area contributed by atoms with Crippen molar-refractivity contribution in [2.45, 2.75) is 51.6 Å². The van der Waals surface area contributed by atoms with Gasteiger partial charge in [0.2, 0.25) is 0 Å². The summed E-state index contributed by atoms with van der Waals surface area (Å²) in [5.41, 5.74) is 2.31. The van der Waals surface area contributed by atoms with Crippen LogP contribution in [-0.2, 0) is 13.5 Å². The molecule has 0 aliphatic heterocycles. The number of hydrogen-bond acceptors (Lipinski definition) is 3. The second-order valence-corrected chi connectivity index (χ2v) is 6.09. The van der Waals surface area contributed by atoms with Gasteiger partial charge in [0.05, 0.1) is 5.69 Å². The van der Waals surface area contributed by atoms with E-state index in [-0.39, 0.29) is 5.54 Å². The maximum atomic E-state index is 6.39. The van der Waals surface area contributed by atoms with Gasteiger partial charge in [-0.25, -0.2) is 0 Å². The average Bonchev–Trinajstić information content (AvgIpc) is 2.64. The van der Waals surface area contributed by atoms with Crippen LogP contribution in [-0.4, -0.2) is 47.4 Å². The molecule has 20 heavy (non-hydrogen) atoms. The highest BCUT2D eigenvalue weighted by Gasteiger charge is 2.37. The van der Waals surface area contributed by atoms with E-state index >= 15 is 0 Å². The Morgan fingerprint density at radius 2 is 1.90 bits per heavy atom. The molecule has 0 spiro atoms. The third-order valence-electron chi connectivity index (χ3n) is 4.79. The van der Waals surface area contributed by atoms with Crippen molar-refractivity contribution in [2.75, 3.05) is 21.1 Å². The summed E-state index contributed by atoms with van der Waals surface area (Å²) in [4.78, 5) is 2.34. The van der Waals surface area contributed by atoms with Crippen LogP contribution in [0.2, 0.25) is 5.15 Å². The summed E-state index contributed by atoms with van der Waals surface area (Å²) in [5, 5.41) is 8.67. The second kappa shape index (κ2) is 6.92. The van der Waals surface area contributed by atoms with E-state index in [9.17, 15) is 0 Å². The molecule has 1 heterocycles. The van der Waals surface area contributed by atoms with E-state index < -0.39 is 0 Å². The summed E-state index contributed by atoms with van der Waals surface area (Å²) in [7, 11) is 8.25. The lowest BCUT2D eigenvalue weighted by Gasteiger charge is -2.45. The molecule has 0 bridgehead atoms. The van der Waals surface area contributed by atoms with Crippen molar-refractivity contribution in [1.29, 1.82) is 0 Å². The predicted octanol–water partition coefficient (Wildman–Crippen LogP) is 2.63. The Hall–Kier alpha value is -0.580. The van der Waals surface area contributed by atoms with Crippen molar-refractivity contribution < 1.29 is 0 Å². The fourth-order valence-electron chi connectivity index (χ4n) is 3.36. The first-order valence-corrected chi connectivity index (χ1v) is 7.74. The maximum absolute atomic E-state index is 6.39. The molecule has 0 aliphatic rings. The standard InChI is InChI=1S/C15H29ClN4/c1-8-15(9-2,19(5)6)13(17-4)10-12-11(3)18-20(7)14(12)16/h13,17H,8-10H2,1-7H3. The zero-order valence-corrected chi connectivity index (χ0v) is 14.7. The lowest BCUT2D eigenvalue weighted by molar-refractivity contribution is 0.0917. The van der Waals surface area contributed by atoms with Crippen LogP contribution in [0.4, 0.5) is 0 Å². The minimum Gasteiger partial charge on any atom is -0.315 e. The lowest BCUT2D eigenvalue weighted by atomic mass is 9.80. The summed E-state index contributed by atoms with van der Waals surface area (Å²) in [5.74, 6) is 0. The van der Waals surface area contributed by atoms with E-state index in [2.05, 4.69) is 43.3 Å². The molecule has 0 saturated heterocycles. The number of nitrogens with one attached hydrogen (secondary N) is 1. The van der Waals surface area contributed by atoms with Crippen molar-refractivity contribution >= 4 is 11.6 Å². The monoisotopic (exact) mass is 300 g/mol. The molecule has 1 aromatic rings. The van der Waals surface area contributed by atoms with Crippen LogP contribution in [0.5, 0.6) is 0 Å². The number of nitrogens with zero attached hydrogens (tertiary/aromatic N) is 3. The van der Waals surface area contributed by atoms with Gasteiger partial charge in [-0.05, 0) is 47.3 Å². The van der Waals surface area contributed by atoms with E-state index in [0.717, 1.165) is 35.7 Å². The van der Waals surface area contributed by atoms with Crippen molar-refractivity contribution in [3.63, 3.8) is 0 Å². The first-order valence-electron chi connectivity index (χ1n) is 7.36. The Morgan fingerprint density at radius 1 is 1.35 bits per heavy atom. The largest absolute Gasteiger partial charge is 0.315 e. The fraction of sp³-hybridized carbons (Fsp3) is 0.800. The summed E-state index contributed by atoms with van der Waals surface area (Å²) in [6.07, 6.45) is 3.09. The van der Waals surface area contributed by atoms with Gasteiger partial charge in [0.15, 0.2) is 0 Å². The molecule has 1 N–H and O–H groups in total. The molecule has 0 aromatic carbocycles. The summed E-state index contributed by atoms with van der Waals surface area (Å²) in [6, 6.07) is 0.341. The van der Waals surface area contributed by atoms with Crippen molar-refractivity contribution in [2.24, 2.45) is 7.05 Å². The number of hydrogen-bond donors (Lipinski definition) is 1. The van der Waals surface area contributed by atoms with Crippen LogP contribution in [0.25, 0.3) is 0 Å². The molecular weight excluding hydrogens is 272 g/mol. The SMILES string of the molecule is CCC(CC)(C(Cc1c(C)nn(C)c1Cl)NC)N(C)C. The van der Waals surface area contributed by atoms with Crippen LogP contribution in [0.3, 0.4) is 0 Å². The van der Waals surface area contributed by atoms with Crippen LogP contribution in [0.15, 0.2) is 0 Å².